The fourth-order valence-corrected chi connectivity index (χ4v) is 3.64. The Balaban J connectivity index is 1.33. The van der Waals surface area contributed by atoms with Crippen molar-refractivity contribution in [2.75, 3.05) is 44.8 Å². The number of piperazine rings is 1. The van der Waals surface area contributed by atoms with Gasteiger partial charge in [-0.1, -0.05) is 12.1 Å². The number of methoxy groups -OCH3 is 1. The summed E-state index contributed by atoms with van der Waals surface area (Å²) in [5.74, 6) is 2.04. The Morgan fingerprint density at radius 1 is 1.08 bits per heavy atom. The first-order valence-electron chi connectivity index (χ1n) is 9.14. The van der Waals surface area contributed by atoms with Gasteiger partial charge in [0, 0.05) is 38.3 Å². The van der Waals surface area contributed by atoms with Crippen LogP contribution in [0.5, 0.6) is 11.5 Å². The van der Waals surface area contributed by atoms with Crippen LogP contribution < -0.4 is 14.4 Å². The highest BCUT2D eigenvalue weighted by Crippen LogP contribution is 2.26. The SMILES string of the molecule is COc1ccc(N2CCN(C(=O)Cc3ccc4c(c3)CCO4)CC2)cc1. The number of hydrogen-bond donors (Lipinski definition) is 0. The molecule has 0 bridgehead atoms. The van der Waals surface area contributed by atoms with Crippen LogP contribution in [0, 0.1) is 0 Å². The van der Waals surface area contributed by atoms with E-state index in [0.29, 0.717) is 6.42 Å². The van der Waals surface area contributed by atoms with Gasteiger partial charge >= 0.3 is 0 Å². The predicted molar refractivity (Wildman–Crippen MR) is 101 cm³/mol. The maximum absolute atomic E-state index is 12.7. The second-order valence-electron chi connectivity index (χ2n) is 6.78. The van der Waals surface area contributed by atoms with Crippen LogP contribution in [0.1, 0.15) is 11.1 Å². The second kappa shape index (κ2) is 7.28. The highest BCUT2D eigenvalue weighted by atomic mass is 16.5. The summed E-state index contributed by atoms with van der Waals surface area (Å²) < 4.78 is 10.7. The molecule has 0 aromatic heterocycles. The lowest BCUT2D eigenvalue weighted by molar-refractivity contribution is -0.130. The fourth-order valence-electron chi connectivity index (χ4n) is 3.64. The van der Waals surface area contributed by atoms with Crippen LogP contribution in [0.25, 0.3) is 0 Å². The van der Waals surface area contributed by atoms with Crippen LogP contribution in [-0.4, -0.2) is 50.7 Å². The van der Waals surface area contributed by atoms with Crippen molar-refractivity contribution in [3.63, 3.8) is 0 Å². The van der Waals surface area contributed by atoms with Gasteiger partial charge in [-0.15, -0.1) is 0 Å². The van der Waals surface area contributed by atoms with Gasteiger partial charge in [0.2, 0.25) is 5.91 Å². The van der Waals surface area contributed by atoms with Crippen molar-refractivity contribution < 1.29 is 14.3 Å². The summed E-state index contributed by atoms with van der Waals surface area (Å²) in [6.07, 6.45) is 1.41. The average Bonchev–Trinajstić information content (AvgIpc) is 3.16. The lowest BCUT2D eigenvalue weighted by Crippen LogP contribution is -2.49. The maximum atomic E-state index is 12.7. The summed E-state index contributed by atoms with van der Waals surface area (Å²) >= 11 is 0. The number of rotatable bonds is 4. The molecule has 4 rings (SSSR count). The molecule has 0 radical (unpaired) electrons. The van der Waals surface area contributed by atoms with E-state index in [2.05, 4.69) is 23.1 Å². The van der Waals surface area contributed by atoms with E-state index in [1.165, 1.54) is 11.3 Å². The number of hydrogen-bond acceptors (Lipinski definition) is 4. The lowest BCUT2D eigenvalue weighted by atomic mass is 10.1. The van der Waals surface area contributed by atoms with Crippen LogP contribution in [0.15, 0.2) is 42.5 Å². The minimum absolute atomic E-state index is 0.207. The molecule has 1 amide bonds. The number of ether oxygens (including phenoxy) is 2. The van der Waals surface area contributed by atoms with Crippen molar-refractivity contribution in [1.82, 2.24) is 4.90 Å². The standard InChI is InChI=1S/C21H24N2O3/c1-25-19-5-3-18(4-6-19)22-9-11-23(12-10-22)21(24)15-16-2-7-20-17(14-16)8-13-26-20/h2-7,14H,8-13,15H2,1H3. The van der Waals surface area contributed by atoms with Gasteiger partial charge in [-0.05, 0) is 41.5 Å². The largest absolute Gasteiger partial charge is 0.497 e. The van der Waals surface area contributed by atoms with Crippen LogP contribution in [0.4, 0.5) is 5.69 Å². The average molecular weight is 352 g/mol. The third-order valence-corrected chi connectivity index (χ3v) is 5.18. The van der Waals surface area contributed by atoms with Crippen molar-refractivity contribution in [3.8, 4) is 11.5 Å². The maximum Gasteiger partial charge on any atom is 0.227 e. The number of carbonyl (C=O) groups is 1. The molecule has 2 aromatic rings. The quantitative estimate of drug-likeness (QED) is 0.848. The fraction of sp³-hybridized carbons (Fsp3) is 0.381. The Morgan fingerprint density at radius 3 is 2.58 bits per heavy atom. The molecule has 0 atom stereocenters. The molecule has 2 aliphatic rings. The monoisotopic (exact) mass is 352 g/mol. The zero-order valence-corrected chi connectivity index (χ0v) is 15.1. The molecule has 1 saturated heterocycles. The van der Waals surface area contributed by atoms with Gasteiger partial charge in [0.05, 0.1) is 20.1 Å². The van der Waals surface area contributed by atoms with Crippen LogP contribution in [-0.2, 0) is 17.6 Å². The van der Waals surface area contributed by atoms with Crippen molar-refractivity contribution in [2.24, 2.45) is 0 Å². The number of benzene rings is 2. The molecule has 2 heterocycles. The summed E-state index contributed by atoms with van der Waals surface area (Å²) in [4.78, 5) is 16.9. The number of amides is 1. The zero-order chi connectivity index (χ0) is 17.9. The first kappa shape index (κ1) is 16.8. The van der Waals surface area contributed by atoms with Crippen molar-refractivity contribution >= 4 is 11.6 Å². The molecule has 0 aliphatic carbocycles. The highest BCUT2D eigenvalue weighted by molar-refractivity contribution is 5.79. The van der Waals surface area contributed by atoms with Gasteiger partial charge in [0.1, 0.15) is 11.5 Å². The van der Waals surface area contributed by atoms with Gasteiger partial charge in [0.15, 0.2) is 0 Å². The smallest absolute Gasteiger partial charge is 0.227 e. The van der Waals surface area contributed by atoms with E-state index in [9.17, 15) is 4.79 Å². The lowest BCUT2D eigenvalue weighted by Gasteiger charge is -2.36. The Hall–Kier alpha value is -2.69. The molecule has 136 valence electrons. The number of anilines is 1. The van der Waals surface area contributed by atoms with E-state index in [0.717, 1.165) is 56.3 Å². The van der Waals surface area contributed by atoms with Gasteiger partial charge in [-0.2, -0.15) is 0 Å². The Labute approximate surface area is 154 Å². The van der Waals surface area contributed by atoms with E-state index in [1.807, 2.05) is 29.2 Å². The topological polar surface area (TPSA) is 42.0 Å². The van der Waals surface area contributed by atoms with Crippen LogP contribution in [0.3, 0.4) is 0 Å². The Kier molecular flexibility index (Phi) is 4.69. The van der Waals surface area contributed by atoms with Crippen molar-refractivity contribution in [2.45, 2.75) is 12.8 Å². The van der Waals surface area contributed by atoms with E-state index >= 15 is 0 Å². The van der Waals surface area contributed by atoms with Gasteiger partial charge < -0.3 is 19.3 Å². The molecule has 26 heavy (non-hydrogen) atoms. The Morgan fingerprint density at radius 2 is 1.85 bits per heavy atom. The van der Waals surface area contributed by atoms with E-state index in [4.69, 9.17) is 9.47 Å². The van der Waals surface area contributed by atoms with E-state index in [-0.39, 0.29) is 5.91 Å². The van der Waals surface area contributed by atoms with Crippen LogP contribution >= 0.6 is 0 Å². The molecular weight excluding hydrogens is 328 g/mol. The third-order valence-electron chi connectivity index (χ3n) is 5.18. The van der Waals surface area contributed by atoms with E-state index < -0.39 is 0 Å². The molecule has 5 nitrogen and oxygen atoms in total. The molecule has 1 fully saturated rings. The third kappa shape index (κ3) is 3.47. The van der Waals surface area contributed by atoms with Gasteiger partial charge in [-0.25, -0.2) is 0 Å². The van der Waals surface area contributed by atoms with Crippen LogP contribution in [0.2, 0.25) is 0 Å². The molecule has 0 N–H and O–H groups in total. The summed E-state index contributed by atoms with van der Waals surface area (Å²) in [5.41, 5.74) is 3.48. The highest BCUT2D eigenvalue weighted by Gasteiger charge is 2.22. The second-order valence-corrected chi connectivity index (χ2v) is 6.78. The summed E-state index contributed by atoms with van der Waals surface area (Å²) in [5, 5.41) is 0. The minimum Gasteiger partial charge on any atom is -0.497 e. The molecule has 0 saturated carbocycles. The normalized spacial score (nSPS) is 16.2. The molecule has 0 spiro atoms. The van der Waals surface area contributed by atoms with Gasteiger partial charge in [-0.3, -0.25) is 4.79 Å². The van der Waals surface area contributed by atoms with Gasteiger partial charge in [0.25, 0.3) is 0 Å². The van der Waals surface area contributed by atoms with Crippen molar-refractivity contribution in [3.05, 3.63) is 53.6 Å². The van der Waals surface area contributed by atoms with E-state index in [1.54, 1.807) is 7.11 Å². The summed E-state index contributed by atoms with van der Waals surface area (Å²) in [6.45, 7) is 3.99. The number of nitrogens with zero attached hydrogens (tertiary/aromatic N) is 2. The van der Waals surface area contributed by atoms with Crippen molar-refractivity contribution in [1.29, 1.82) is 0 Å². The first-order valence-corrected chi connectivity index (χ1v) is 9.14. The molecule has 5 heteroatoms. The molecule has 0 unspecified atom stereocenters. The Bertz CT molecular complexity index is 780. The molecular formula is C21H24N2O3. The predicted octanol–water partition coefficient (Wildman–Crippen LogP) is 2.52. The molecule has 2 aromatic carbocycles. The molecule has 2 aliphatic heterocycles. The summed E-state index contributed by atoms with van der Waals surface area (Å²) in [7, 11) is 1.67. The summed E-state index contributed by atoms with van der Waals surface area (Å²) in [6, 6.07) is 14.2. The number of carbonyl (C=O) groups excluding carboxylic acids is 1. The number of fused-ring (bicyclic) bond motifs is 1. The first-order chi connectivity index (χ1) is 12.7. The zero-order valence-electron chi connectivity index (χ0n) is 15.1. The minimum atomic E-state index is 0.207.